The smallest absolute Gasteiger partial charge is 0.408 e. The van der Waals surface area contributed by atoms with Gasteiger partial charge in [-0.25, -0.2) is 9.59 Å². The highest BCUT2D eigenvalue weighted by Crippen LogP contribution is 2.03. The van der Waals surface area contributed by atoms with E-state index >= 15 is 0 Å². The van der Waals surface area contributed by atoms with Crippen molar-refractivity contribution in [2.75, 3.05) is 26.8 Å². The van der Waals surface area contributed by atoms with E-state index in [0.717, 1.165) is 18.7 Å². The Bertz CT molecular complexity index is 490. The Hall–Kier alpha value is -2.12. The van der Waals surface area contributed by atoms with E-state index in [1.165, 1.54) is 7.11 Å². The quantitative estimate of drug-likeness (QED) is 0.711. The van der Waals surface area contributed by atoms with E-state index < -0.39 is 18.1 Å². The highest BCUT2D eigenvalue weighted by Gasteiger charge is 2.26. The highest BCUT2D eigenvalue weighted by atomic mass is 16.6. The highest BCUT2D eigenvalue weighted by molar-refractivity contribution is 5.81. The molecule has 0 bridgehead atoms. The molecule has 0 unspecified atom stereocenters. The van der Waals surface area contributed by atoms with Crippen LogP contribution in [0.1, 0.15) is 5.56 Å². The van der Waals surface area contributed by atoms with Crippen LogP contribution in [0.15, 0.2) is 30.3 Å². The van der Waals surface area contributed by atoms with Crippen LogP contribution in [0.2, 0.25) is 0 Å². The van der Waals surface area contributed by atoms with E-state index in [-0.39, 0.29) is 19.3 Å². The molecule has 120 valence electrons. The van der Waals surface area contributed by atoms with Crippen molar-refractivity contribution in [3.05, 3.63) is 35.9 Å². The molecule has 1 aromatic carbocycles. The van der Waals surface area contributed by atoms with Gasteiger partial charge in [-0.05, 0) is 5.56 Å². The zero-order valence-electron chi connectivity index (χ0n) is 12.4. The number of ether oxygens (including phenoxy) is 3. The van der Waals surface area contributed by atoms with Crippen molar-refractivity contribution in [2.45, 2.75) is 18.8 Å². The first-order valence-electron chi connectivity index (χ1n) is 7.06. The average molecular weight is 308 g/mol. The number of carbonyl (C=O) groups is 2. The second-order valence-corrected chi connectivity index (χ2v) is 4.90. The number of hydrogen-bond donors (Lipinski definition) is 2. The van der Waals surface area contributed by atoms with E-state index in [0.29, 0.717) is 0 Å². The van der Waals surface area contributed by atoms with Crippen molar-refractivity contribution in [3.63, 3.8) is 0 Å². The molecule has 0 radical (unpaired) electrons. The molecule has 1 aromatic rings. The zero-order chi connectivity index (χ0) is 15.8. The summed E-state index contributed by atoms with van der Waals surface area (Å²) >= 11 is 0. The summed E-state index contributed by atoms with van der Waals surface area (Å²) in [5.41, 5.74) is 0.865. The largest absolute Gasteiger partial charge is 0.467 e. The summed E-state index contributed by atoms with van der Waals surface area (Å²) < 4.78 is 15.2. The van der Waals surface area contributed by atoms with Gasteiger partial charge in [0, 0.05) is 13.1 Å². The number of rotatable bonds is 7. The van der Waals surface area contributed by atoms with E-state index in [1.54, 1.807) is 0 Å². The Morgan fingerprint density at radius 2 is 2.05 bits per heavy atom. The van der Waals surface area contributed by atoms with Gasteiger partial charge in [0.2, 0.25) is 0 Å². The van der Waals surface area contributed by atoms with E-state index in [4.69, 9.17) is 9.47 Å². The number of benzene rings is 1. The lowest BCUT2D eigenvalue weighted by molar-refractivity contribution is -0.145. The minimum Gasteiger partial charge on any atom is -0.467 e. The predicted octanol–water partition coefficient (Wildman–Crippen LogP) is 0.443. The molecule has 0 aromatic heterocycles. The molecule has 0 spiro atoms. The van der Waals surface area contributed by atoms with Crippen LogP contribution in [0.4, 0.5) is 4.79 Å². The monoisotopic (exact) mass is 308 g/mol. The zero-order valence-corrected chi connectivity index (χ0v) is 12.4. The summed E-state index contributed by atoms with van der Waals surface area (Å²) in [7, 11) is 1.26. The molecule has 1 heterocycles. The summed E-state index contributed by atoms with van der Waals surface area (Å²) in [5.74, 6) is -0.566. The van der Waals surface area contributed by atoms with Crippen molar-refractivity contribution in [1.29, 1.82) is 0 Å². The minimum atomic E-state index is -0.881. The van der Waals surface area contributed by atoms with Crippen molar-refractivity contribution in [2.24, 2.45) is 0 Å². The lowest BCUT2D eigenvalue weighted by Gasteiger charge is -2.28. The van der Waals surface area contributed by atoms with Gasteiger partial charge in [-0.1, -0.05) is 30.3 Å². The second kappa shape index (κ2) is 8.35. The van der Waals surface area contributed by atoms with Crippen LogP contribution in [-0.2, 0) is 25.6 Å². The fourth-order valence-electron chi connectivity index (χ4n) is 1.83. The Balaban J connectivity index is 1.77. The molecule has 1 aliphatic rings. The van der Waals surface area contributed by atoms with Crippen LogP contribution >= 0.6 is 0 Å². The van der Waals surface area contributed by atoms with Crippen molar-refractivity contribution in [3.8, 4) is 0 Å². The van der Waals surface area contributed by atoms with Gasteiger partial charge in [0.1, 0.15) is 6.61 Å². The van der Waals surface area contributed by atoms with Gasteiger partial charge in [-0.15, -0.1) is 0 Å². The Kier molecular flexibility index (Phi) is 6.17. The van der Waals surface area contributed by atoms with E-state index in [2.05, 4.69) is 15.4 Å². The van der Waals surface area contributed by atoms with Crippen LogP contribution in [0.5, 0.6) is 0 Å². The van der Waals surface area contributed by atoms with Gasteiger partial charge in [0.05, 0.1) is 19.8 Å². The molecule has 1 aliphatic heterocycles. The fraction of sp³-hybridized carbons (Fsp3) is 0.467. The third kappa shape index (κ3) is 5.01. The first-order valence-corrected chi connectivity index (χ1v) is 7.06. The van der Waals surface area contributed by atoms with Crippen LogP contribution in [0.3, 0.4) is 0 Å². The van der Waals surface area contributed by atoms with Crippen LogP contribution in [-0.4, -0.2) is 51.0 Å². The summed E-state index contributed by atoms with van der Waals surface area (Å²) in [6.07, 6.45) is -0.621. The lowest BCUT2D eigenvalue weighted by Crippen LogP contribution is -2.52. The number of hydrogen-bond acceptors (Lipinski definition) is 6. The topological polar surface area (TPSA) is 85.9 Å². The minimum absolute atomic E-state index is 0.0550. The maximum atomic E-state index is 11.8. The molecule has 1 amide bonds. The molecule has 1 atom stereocenters. The van der Waals surface area contributed by atoms with Crippen molar-refractivity contribution < 1.29 is 23.8 Å². The Morgan fingerprint density at radius 1 is 1.32 bits per heavy atom. The Labute approximate surface area is 128 Å². The molecule has 7 nitrogen and oxygen atoms in total. The molecular formula is C15H20N2O5. The molecule has 0 aliphatic carbocycles. The molecule has 2 N–H and O–H groups in total. The SMILES string of the molecule is COC(=O)[C@H](COC1CNC1)NC(=O)OCc1ccccc1. The maximum absolute atomic E-state index is 11.8. The molecule has 7 heteroatoms. The summed E-state index contributed by atoms with van der Waals surface area (Å²) in [6, 6.07) is 8.40. The molecular weight excluding hydrogens is 288 g/mol. The van der Waals surface area contributed by atoms with Crippen LogP contribution in [0, 0.1) is 0 Å². The number of esters is 1. The number of methoxy groups -OCH3 is 1. The van der Waals surface area contributed by atoms with Gasteiger partial charge in [-0.3, -0.25) is 0 Å². The molecule has 1 saturated heterocycles. The number of nitrogens with one attached hydrogen (secondary N) is 2. The fourth-order valence-corrected chi connectivity index (χ4v) is 1.83. The van der Waals surface area contributed by atoms with Crippen LogP contribution in [0.25, 0.3) is 0 Å². The Morgan fingerprint density at radius 3 is 2.64 bits per heavy atom. The lowest BCUT2D eigenvalue weighted by atomic mass is 10.2. The number of carbonyl (C=O) groups excluding carboxylic acids is 2. The van der Waals surface area contributed by atoms with Gasteiger partial charge in [0.25, 0.3) is 0 Å². The third-order valence-electron chi connectivity index (χ3n) is 3.23. The summed E-state index contributed by atoms with van der Waals surface area (Å²) in [5, 5.41) is 5.51. The normalized spacial score (nSPS) is 15.5. The molecule has 22 heavy (non-hydrogen) atoms. The second-order valence-electron chi connectivity index (χ2n) is 4.90. The third-order valence-corrected chi connectivity index (χ3v) is 3.23. The van der Waals surface area contributed by atoms with Gasteiger partial charge >= 0.3 is 12.1 Å². The molecule has 1 fully saturated rings. The van der Waals surface area contributed by atoms with Crippen molar-refractivity contribution in [1.82, 2.24) is 10.6 Å². The van der Waals surface area contributed by atoms with E-state index in [9.17, 15) is 9.59 Å². The number of alkyl carbamates (subject to hydrolysis) is 1. The summed E-state index contributed by atoms with van der Waals surface area (Å²) in [4.78, 5) is 23.4. The van der Waals surface area contributed by atoms with Crippen molar-refractivity contribution >= 4 is 12.1 Å². The first-order chi connectivity index (χ1) is 10.7. The van der Waals surface area contributed by atoms with Gasteiger partial charge in [0.15, 0.2) is 6.04 Å². The maximum Gasteiger partial charge on any atom is 0.408 e. The van der Waals surface area contributed by atoms with E-state index in [1.807, 2.05) is 30.3 Å². The molecule has 2 rings (SSSR count). The first kappa shape index (κ1) is 16.3. The number of amides is 1. The predicted molar refractivity (Wildman–Crippen MR) is 78.2 cm³/mol. The molecule has 0 saturated carbocycles. The van der Waals surface area contributed by atoms with Crippen LogP contribution < -0.4 is 10.6 Å². The standard InChI is InChI=1S/C15H20N2O5/c1-20-14(18)13(10-21-12-7-16-8-12)17-15(19)22-9-11-5-3-2-4-6-11/h2-6,12-13,16H,7-10H2,1H3,(H,17,19)/t13-/m0/s1. The van der Waals surface area contributed by atoms with Gasteiger partial charge < -0.3 is 24.8 Å². The van der Waals surface area contributed by atoms with Gasteiger partial charge in [-0.2, -0.15) is 0 Å². The average Bonchev–Trinajstić information content (AvgIpc) is 2.50. The summed E-state index contributed by atoms with van der Waals surface area (Å²) in [6.45, 7) is 1.67.